The first-order valence-corrected chi connectivity index (χ1v) is 4.08. The van der Waals surface area contributed by atoms with E-state index >= 15 is 0 Å². The van der Waals surface area contributed by atoms with Crippen molar-refractivity contribution in [2.24, 2.45) is 4.99 Å². The van der Waals surface area contributed by atoms with Crippen LogP contribution in [0.1, 0.15) is 33.6 Å². The summed E-state index contributed by atoms with van der Waals surface area (Å²) in [5.41, 5.74) is 0. The van der Waals surface area contributed by atoms with Crippen molar-refractivity contribution >= 4 is 6.21 Å². The van der Waals surface area contributed by atoms with E-state index in [1.165, 1.54) is 12.8 Å². The van der Waals surface area contributed by atoms with Gasteiger partial charge in [0.1, 0.15) is 0 Å². The van der Waals surface area contributed by atoms with E-state index in [1.807, 2.05) is 26.1 Å². The Balaban J connectivity index is 0.000000371. The second-order valence-electron chi connectivity index (χ2n) is 2.15. The van der Waals surface area contributed by atoms with Crippen molar-refractivity contribution in [3.05, 3.63) is 12.2 Å². The van der Waals surface area contributed by atoms with E-state index in [4.69, 9.17) is 0 Å². The summed E-state index contributed by atoms with van der Waals surface area (Å²) >= 11 is 0. The van der Waals surface area contributed by atoms with Crippen molar-refractivity contribution in [2.75, 3.05) is 0 Å². The van der Waals surface area contributed by atoms with Crippen LogP contribution in [0.25, 0.3) is 0 Å². The lowest BCUT2D eigenvalue weighted by molar-refractivity contribution is 0.686. The predicted molar refractivity (Wildman–Crippen MR) is 47.7 cm³/mol. The maximum atomic E-state index is 4.21. The van der Waals surface area contributed by atoms with Crippen LogP contribution < -0.4 is 0 Å². The summed E-state index contributed by atoms with van der Waals surface area (Å²) in [5.74, 6) is 0. The van der Waals surface area contributed by atoms with Gasteiger partial charge in [0.05, 0.1) is 0 Å². The molecule has 1 aliphatic heterocycles. The topological polar surface area (TPSA) is 12.4 Å². The molecule has 0 aliphatic carbocycles. The van der Waals surface area contributed by atoms with E-state index in [1.54, 1.807) is 0 Å². The Labute approximate surface area is 63.9 Å². The summed E-state index contributed by atoms with van der Waals surface area (Å²) in [6.07, 6.45) is 8.45. The van der Waals surface area contributed by atoms with Gasteiger partial charge in [-0.1, -0.05) is 19.9 Å². The van der Waals surface area contributed by atoms with Crippen LogP contribution in [0.2, 0.25) is 0 Å². The van der Waals surface area contributed by atoms with Crippen molar-refractivity contribution < 1.29 is 0 Å². The monoisotopic (exact) mass is 139 g/mol. The zero-order valence-corrected chi connectivity index (χ0v) is 7.17. The molecule has 0 spiro atoms. The third kappa shape index (κ3) is 4.30. The highest BCUT2D eigenvalue weighted by atomic mass is 14.7. The number of nitrogens with zero attached hydrogens (tertiary/aromatic N) is 1. The Bertz CT molecular complexity index is 114. The average Bonchev–Trinajstić information content (AvgIpc) is 2.21. The first-order chi connectivity index (χ1) is 4.89. The minimum atomic E-state index is 0.532. The summed E-state index contributed by atoms with van der Waals surface area (Å²) in [7, 11) is 0. The van der Waals surface area contributed by atoms with Gasteiger partial charge in [0.2, 0.25) is 0 Å². The molecule has 0 fully saturated rings. The summed E-state index contributed by atoms with van der Waals surface area (Å²) in [4.78, 5) is 4.21. The molecule has 0 saturated carbocycles. The molecule has 1 rings (SSSR count). The van der Waals surface area contributed by atoms with Crippen molar-refractivity contribution in [3.8, 4) is 0 Å². The highest BCUT2D eigenvalue weighted by Crippen LogP contribution is 2.03. The van der Waals surface area contributed by atoms with Gasteiger partial charge in [-0.25, -0.2) is 0 Å². The SMILES string of the molecule is CC.CC1CCC=CC=N1. The molecular formula is C9H17N. The van der Waals surface area contributed by atoms with E-state index in [9.17, 15) is 0 Å². The highest BCUT2D eigenvalue weighted by Gasteiger charge is 1.95. The molecule has 0 aromatic carbocycles. The van der Waals surface area contributed by atoms with E-state index in [-0.39, 0.29) is 0 Å². The molecule has 0 saturated heterocycles. The number of rotatable bonds is 0. The molecule has 0 radical (unpaired) electrons. The standard InChI is InChI=1S/C7H11N.C2H6/c1-7-5-3-2-4-6-8-7;1-2/h2,4,6-7H,3,5H2,1H3;1-2H3. The average molecular weight is 139 g/mol. The van der Waals surface area contributed by atoms with E-state index < -0.39 is 0 Å². The highest BCUT2D eigenvalue weighted by molar-refractivity contribution is 5.71. The summed E-state index contributed by atoms with van der Waals surface area (Å²) < 4.78 is 0. The number of aliphatic imine (C=N–C) groups is 1. The quantitative estimate of drug-likeness (QED) is 0.489. The molecule has 1 unspecified atom stereocenters. The lowest BCUT2D eigenvalue weighted by atomic mass is 10.2. The summed E-state index contributed by atoms with van der Waals surface area (Å²) in [6.45, 7) is 6.14. The molecule has 0 N–H and O–H groups in total. The van der Waals surface area contributed by atoms with E-state index in [0.29, 0.717) is 6.04 Å². The molecule has 1 atom stereocenters. The second-order valence-corrected chi connectivity index (χ2v) is 2.15. The second kappa shape index (κ2) is 6.53. The molecule has 1 heterocycles. The Morgan fingerprint density at radius 2 is 2.10 bits per heavy atom. The van der Waals surface area contributed by atoms with Crippen molar-refractivity contribution in [2.45, 2.75) is 39.7 Å². The van der Waals surface area contributed by atoms with Gasteiger partial charge in [-0.15, -0.1) is 0 Å². The molecule has 58 valence electrons. The van der Waals surface area contributed by atoms with Crippen LogP contribution in [0.15, 0.2) is 17.1 Å². The zero-order chi connectivity index (χ0) is 7.82. The largest absolute Gasteiger partial charge is 0.290 e. The Morgan fingerprint density at radius 1 is 1.40 bits per heavy atom. The molecule has 10 heavy (non-hydrogen) atoms. The van der Waals surface area contributed by atoms with Crippen molar-refractivity contribution in [3.63, 3.8) is 0 Å². The van der Waals surface area contributed by atoms with Gasteiger partial charge >= 0.3 is 0 Å². The van der Waals surface area contributed by atoms with Crippen LogP contribution in [0.3, 0.4) is 0 Å². The minimum absolute atomic E-state index is 0.532. The molecule has 0 aromatic rings. The predicted octanol–water partition coefficient (Wildman–Crippen LogP) is 2.82. The summed E-state index contributed by atoms with van der Waals surface area (Å²) in [6, 6.07) is 0.532. The Morgan fingerprint density at radius 3 is 2.80 bits per heavy atom. The fraction of sp³-hybridized carbons (Fsp3) is 0.667. The first kappa shape index (κ1) is 9.41. The van der Waals surface area contributed by atoms with Crippen LogP contribution in [0.4, 0.5) is 0 Å². The number of allylic oxidation sites excluding steroid dienone is 2. The van der Waals surface area contributed by atoms with Gasteiger partial charge in [0.15, 0.2) is 0 Å². The smallest absolute Gasteiger partial charge is 0.0474 e. The summed E-state index contributed by atoms with van der Waals surface area (Å²) in [5, 5.41) is 0. The van der Waals surface area contributed by atoms with Gasteiger partial charge in [0.25, 0.3) is 0 Å². The molecule has 1 nitrogen and oxygen atoms in total. The molecule has 0 bridgehead atoms. The fourth-order valence-corrected chi connectivity index (χ4v) is 0.766. The molecular weight excluding hydrogens is 122 g/mol. The van der Waals surface area contributed by atoms with Gasteiger partial charge in [-0.2, -0.15) is 0 Å². The van der Waals surface area contributed by atoms with E-state index in [2.05, 4.69) is 18.0 Å². The number of hydrogen-bond acceptors (Lipinski definition) is 1. The van der Waals surface area contributed by atoms with Crippen molar-refractivity contribution in [1.82, 2.24) is 0 Å². The fourth-order valence-electron chi connectivity index (χ4n) is 0.766. The van der Waals surface area contributed by atoms with Crippen LogP contribution in [-0.4, -0.2) is 12.3 Å². The van der Waals surface area contributed by atoms with Gasteiger partial charge in [-0.05, 0) is 25.8 Å². The van der Waals surface area contributed by atoms with Crippen LogP contribution in [0, 0.1) is 0 Å². The van der Waals surface area contributed by atoms with Gasteiger partial charge < -0.3 is 0 Å². The Kier molecular flexibility index (Phi) is 6.14. The lowest BCUT2D eigenvalue weighted by Crippen LogP contribution is -1.93. The molecule has 0 aromatic heterocycles. The minimum Gasteiger partial charge on any atom is -0.290 e. The first-order valence-electron chi connectivity index (χ1n) is 4.08. The number of hydrogen-bond donors (Lipinski definition) is 0. The third-order valence-electron chi connectivity index (χ3n) is 1.31. The maximum Gasteiger partial charge on any atom is 0.0474 e. The maximum absolute atomic E-state index is 4.21. The molecule has 1 heteroatoms. The van der Waals surface area contributed by atoms with Crippen LogP contribution in [-0.2, 0) is 0 Å². The molecule has 1 aliphatic rings. The lowest BCUT2D eigenvalue weighted by Gasteiger charge is -1.97. The normalized spacial score (nSPS) is 22.9. The van der Waals surface area contributed by atoms with Crippen LogP contribution in [0.5, 0.6) is 0 Å². The van der Waals surface area contributed by atoms with Gasteiger partial charge in [-0.3, -0.25) is 4.99 Å². The molecule has 0 amide bonds. The van der Waals surface area contributed by atoms with Gasteiger partial charge in [0, 0.05) is 12.3 Å². The Hall–Kier alpha value is -0.590. The van der Waals surface area contributed by atoms with E-state index in [0.717, 1.165) is 0 Å². The zero-order valence-electron chi connectivity index (χ0n) is 7.17. The third-order valence-corrected chi connectivity index (χ3v) is 1.31. The van der Waals surface area contributed by atoms with Crippen LogP contribution >= 0.6 is 0 Å². The van der Waals surface area contributed by atoms with Crippen molar-refractivity contribution in [1.29, 1.82) is 0 Å².